The maximum atomic E-state index is 5.38. The molecule has 0 saturated carbocycles. The average molecular weight is 157 g/mol. The molecule has 0 amide bonds. The molecule has 1 aliphatic heterocycles. The Balaban J connectivity index is 2.26. The molecule has 0 spiro atoms. The Morgan fingerprint density at radius 2 is 1.64 bits per heavy atom. The number of nitrogens with zero attached hydrogens (tertiary/aromatic N) is 1. The van der Waals surface area contributed by atoms with Crippen LogP contribution in [0.4, 0.5) is 0 Å². The maximum absolute atomic E-state index is 5.38. The van der Waals surface area contributed by atoms with Crippen molar-refractivity contribution in [2.75, 3.05) is 26.3 Å². The molecule has 1 aliphatic rings. The zero-order valence-corrected chi connectivity index (χ0v) is 7.68. The van der Waals surface area contributed by atoms with Crippen LogP contribution in [0.2, 0.25) is 0 Å². The van der Waals surface area contributed by atoms with Gasteiger partial charge in [0.1, 0.15) is 0 Å². The van der Waals surface area contributed by atoms with Crippen molar-refractivity contribution >= 4 is 0 Å². The molecule has 66 valence electrons. The number of ether oxygens (including phenoxy) is 1. The third-order valence-corrected chi connectivity index (χ3v) is 2.20. The SMILES string of the molecule is CC(C)N1CCCOCCC1. The summed E-state index contributed by atoms with van der Waals surface area (Å²) in [5.74, 6) is 0. The fraction of sp³-hybridized carbons (Fsp3) is 1.00. The summed E-state index contributed by atoms with van der Waals surface area (Å²) in [6.45, 7) is 8.84. The topological polar surface area (TPSA) is 12.5 Å². The molecular formula is C9H19NO. The Kier molecular flexibility index (Phi) is 3.87. The van der Waals surface area contributed by atoms with Gasteiger partial charge in [-0.25, -0.2) is 0 Å². The minimum Gasteiger partial charge on any atom is -0.381 e. The first-order valence-electron chi connectivity index (χ1n) is 4.62. The second-order valence-electron chi connectivity index (χ2n) is 3.45. The van der Waals surface area contributed by atoms with E-state index in [1.54, 1.807) is 0 Å². The summed E-state index contributed by atoms with van der Waals surface area (Å²) in [5.41, 5.74) is 0. The molecule has 1 heterocycles. The van der Waals surface area contributed by atoms with Crippen LogP contribution in [0.15, 0.2) is 0 Å². The lowest BCUT2D eigenvalue weighted by atomic mass is 10.2. The lowest BCUT2D eigenvalue weighted by Gasteiger charge is -2.28. The van der Waals surface area contributed by atoms with Crippen LogP contribution in [0, 0.1) is 0 Å². The van der Waals surface area contributed by atoms with Crippen LogP contribution in [0.5, 0.6) is 0 Å². The van der Waals surface area contributed by atoms with Crippen molar-refractivity contribution in [3.05, 3.63) is 0 Å². The van der Waals surface area contributed by atoms with Gasteiger partial charge in [0, 0.05) is 32.3 Å². The molecule has 1 saturated heterocycles. The number of hydrogen-bond acceptors (Lipinski definition) is 2. The molecule has 2 nitrogen and oxygen atoms in total. The molecule has 2 heteroatoms. The van der Waals surface area contributed by atoms with Gasteiger partial charge in [-0.05, 0) is 26.7 Å². The van der Waals surface area contributed by atoms with Crippen LogP contribution in [-0.2, 0) is 4.74 Å². The molecule has 0 aromatic carbocycles. The molecule has 1 rings (SSSR count). The predicted octanol–water partition coefficient (Wildman–Crippen LogP) is 1.51. The van der Waals surface area contributed by atoms with Crippen LogP contribution < -0.4 is 0 Å². The molecule has 0 atom stereocenters. The molecule has 0 unspecified atom stereocenters. The minimum absolute atomic E-state index is 0.702. The van der Waals surface area contributed by atoms with E-state index in [9.17, 15) is 0 Å². The van der Waals surface area contributed by atoms with Gasteiger partial charge in [0.25, 0.3) is 0 Å². The van der Waals surface area contributed by atoms with Gasteiger partial charge in [-0.3, -0.25) is 0 Å². The van der Waals surface area contributed by atoms with Crippen LogP contribution in [0.1, 0.15) is 26.7 Å². The molecular weight excluding hydrogens is 138 g/mol. The molecule has 0 N–H and O–H groups in total. The van der Waals surface area contributed by atoms with Gasteiger partial charge in [-0.2, -0.15) is 0 Å². The van der Waals surface area contributed by atoms with Crippen molar-refractivity contribution in [2.24, 2.45) is 0 Å². The number of rotatable bonds is 1. The lowest BCUT2D eigenvalue weighted by molar-refractivity contribution is 0.0790. The summed E-state index contributed by atoms with van der Waals surface area (Å²) in [6.07, 6.45) is 2.39. The predicted molar refractivity (Wildman–Crippen MR) is 46.8 cm³/mol. The highest BCUT2D eigenvalue weighted by Gasteiger charge is 2.10. The van der Waals surface area contributed by atoms with Crippen molar-refractivity contribution in [3.63, 3.8) is 0 Å². The summed E-state index contributed by atoms with van der Waals surface area (Å²) in [4.78, 5) is 2.53. The van der Waals surface area contributed by atoms with E-state index in [1.165, 1.54) is 25.9 Å². The average Bonchev–Trinajstić information content (AvgIpc) is 1.84. The van der Waals surface area contributed by atoms with Crippen LogP contribution in [-0.4, -0.2) is 37.2 Å². The zero-order chi connectivity index (χ0) is 8.10. The van der Waals surface area contributed by atoms with Gasteiger partial charge in [0.05, 0.1) is 0 Å². The fourth-order valence-corrected chi connectivity index (χ4v) is 1.47. The number of hydrogen-bond donors (Lipinski definition) is 0. The first kappa shape index (κ1) is 9.01. The third-order valence-electron chi connectivity index (χ3n) is 2.20. The molecule has 1 fully saturated rings. The van der Waals surface area contributed by atoms with Crippen molar-refractivity contribution < 1.29 is 4.74 Å². The lowest BCUT2D eigenvalue weighted by Crippen LogP contribution is -2.35. The Labute approximate surface area is 69.5 Å². The van der Waals surface area contributed by atoms with Gasteiger partial charge in [0.15, 0.2) is 0 Å². The normalized spacial score (nSPS) is 23.2. The van der Waals surface area contributed by atoms with Crippen molar-refractivity contribution in [1.82, 2.24) is 4.90 Å². The fourth-order valence-electron chi connectivity index (χ4n) is 1.47. The van der Waals surface area contributed by atoms with E-state index < -0.39 is 0 Å². The minimum atomic E-state index is 0.702. The van der Waals surface area contributed by atoms with E-state index in [1.807, 2.05) is 0 Å². The summed E-state index contributed by atoms with van der Waals surface area (Å²) >= 11 is 0. The van der Waals surface area contributed by atoms with Gasteiger partial charge < -0.3 is 9.64 Å². The first-order valence-corrected chi connectivity index (χ1v) is 4.62. The Hall–Kier alpha value is -0.0800. The standard InChI is InChI=1S/C9H19NO/c1-9(2)10-5-3-7-11-8-4-6-10/h9H,3-8H2,1-2H3. The summed E-state index contributed by atoms with van der Waals surface area (Å²) in [6, 6.07) is 0.702. The quantitative estimate of drug-likeness (QED) is 0.572. The monoisotopic (exact) mass is 157 g/mol. The molecule has 0 bridgehead atoms. The molecule has 0 aromatic heterocycles. The molecule has 0 aromatic rings. The van der Waals surface area contributed by atoms with Crippen molar-refractivity contribution in [1.29, 1.82) is 0 Å². The van der Waals surface area contributed by atoms with Crippen LogP contribution >= 0.6 is 0 Å². The van der Waals surface area contributed by atoms with Crippen LogP contribution in [0.25, 0.3) is 0 Å². The van der Waals surface area contributed by atoms with Gasteiger partial charge in [-0.1, -0.05) is 0 Å². The second-order valence-corrected chi connectivity index (χ2v) is 3.45. The van der Waals surface area contributed by atoms with E-state index in [0.717, 1.165) is 13.2 Å². The smallest absolute Gasteiger partial charge is 0.0478 e. The zero-order valence-electron chi connectivity index (χ0n) is 7.68. The maximum Gasteiger partial charge on any atom is 0.0478 e. The van der Waals surface area contributed by atoms with E-state index in [-0.39, 0.29) is 0 Å². The summed E-state index contributed by atoms with van der Waals surface area (Å²) in [5, 5.41) is 0. The highest BCUT2D eigenvalue weighted by atomic mass is 16.5. The van der Waals surface area contributed by atoms with Crippen LogP contribution in [0.3, 0.4) is 0 Å². The summed E-state index contributed by atoms with van der Waals surface area (Å²) < 4.78 is 5.38. The van der Waals surface area contributed by atoms with Gasteiger partial charge in [-0.15, -0.1) is 0 Å². The Morgan fingerprint density at radius 3 is 2.09 bits per heavy atom. The Morgan fingerprint density at radius 1 is 1.09 bits per heavy atom. The first-order chi connectivity index (χ1) is 5.30. The molecule has 11 heavy (non-hydrogen) atoms. The molecule has 0 aliphatic carbocycles. The van der Waals surface area contributed by atoms with E-state index in [4.69, 9.17) is 4.74 Å². The highest BCUT2D eigenvalue weighted by molar-refractivity contribution is 4.64. The van der Waals surface area contributed by atoms with Gasteiger partial charge in [0.2, 0.25) is 0 Å². The van der Waals surface area contributed by atoms with Gasteiger partial charge >= 0.3 is 0 Å². The molecule has 0 radical (unpaired) electrons. The highest BCUT2D eigenvalue weighted by Crippen LogP contribution is 2.04. The van der Waals surface area contributed by atoms with Crippen molar-refractivity contribution in [2.45, 2.75) is 32.7 Å². The largest absolute Gasteiger partial charge is 0.381 e. The van der Waals surface area contributed by atoms with Crippen molar-refractivity contribution in [3.8, 4) is 0 Å². The second kappa shape index (κ2) is 4.73. The Bertz CT molecular complexity index is 95.7. The van der Waals surface area contributed by atoms with E-state index in [2.05, 4.69) is 18.7 Å². The third kappa shape index (κ3) is 3.21. The van der Waals surface area contributed by atoms with E-state index in [0.29, 0.717) is 6.04 Å². The van der Waals surface area contributed by atoms with E-state index >= 15 is 0 Å². The summed E-state index contributed by atoms with van der Waals surface area (Å²) in [7, 11) is 0.